The van der Waals surface area contributed by atoms with Gasteiger partial charge in [-0.25, -0.2) is 4.79 Å². The van der Waals surface area contributed by atoms with Crippen LogP contribution in [-0.4, -0.2) is 36.4 Å². The molecule has 0 radical (unpaired) electrons. The first-order chi connectivity index (χ1) is 8.78. The summed E-state index contributed by atoms with van der Waals surface area (Å²) in [6.07, 6.45) is 3.07. The number of pyridine rings is 1. The Kier molecular flexibility index (Phi) is 3.41. The molecule has 0 amide bonds. The van der Waals surface area contributed by atoms with Crippen LogP contribution in [0.4, 0.5) is 0 Å². The quantitative estimate of drug-likeness (QED) is 0.592. The van der Waals surface area contributed by atoms with Crippen molar-refractivity contribution in [3.05, 3.63) is 24.0 Å². The summed E-state index contributed by atoms with van der Waals surface area (Å²) in [5, 5.41) is 0. The second-order valence-corrected chi connectivity index (χ2v) is 5.54. The molecule has 1 fully saturated rings. The highest BCUT2D eigenvalue weighted by atomic mass is 16.7. The Balaban J connectivity index is 2.37. The number of nitrogens with zero attached hydrogens (tertiary/aromatic N) is 1. The molecule has 0 atom stereocenters. The van der Waals surface area contributed by atoms with E-state index in [1.807, 2.05) is 27.7 Å². The van der Waals surface area contributed by atoms with Gasteiger partial charge in [-0.1, -0.05) is 0 Å². The molecule has 0 aliphatic carbocycles. The van der Waals surface area contributed by atoms with Crippen molar-refractivity contribution in [2.75, 3.05) is 7.11 Å². The monoisotopic (exact) mass is 263 g/mol. The molecule has 0 aromatic carbocycles. The third-order valence-corrected chi connectivity index (χ3v) is 3.77. The van der Waals surface area contributed by atoms with Crippen LogP contribution in [0.15, 0.2) is 18.5 Å². The van der Waals surface area contributed by atoms with E-state index in [1.54, 1.807) is 12.3 Å². The Morgan fingerprint density at radius 3 is 2.37 bits per heavy atom. The molecule has 1 aromatic rings. The molecule has 1 saturated heterocycles. The number of hydrogen-bond acceptors (Lipinski definition) is 5. The van der Waals surface area contributed by atoms with Crippen LogP contribution in [0.25, 0.3) is 0 Å². The van der Waals surface area contributed by atoms with Gasteiger partial charge in [-0.15, -0.1) is 0 Å². The lowest BCUT2D eigenvalue weighted by atomic mass is 9.76. The van der Waals surface area contributed by atoms with Crippen LogP contribution in [-0.2, 0) is 14.0 Å². The summed E-state index contributed by atoms with van der Waals surface area (Å²) in [6.45, 7) is 7.86. The first kappa shape index (κ1) is 14.0. The third-order valence-electron chi connectivity index (χ3n) is 3.77. The van der Waals surface area contributed by atoms with Crippen LogP contribution in [0.1, 0.15) is 38.1 Å². The summed E-state index contributed by atoms with van der Waals surface area (Å²) in [5.74, 6) is -0.446. The molecule has 1 aliphatic rings. The maximum Gasteiger partial charge on any atom is 0.495 e. The fraction of sp³-hybridized carbons (Fsp3) is 0.538. The van der Waals surface area contributed by atoms with E-state index in [2.05, 4.69) is 4.98 Å². The summed E-state index contributed by atoms with van der Waals surface area (Å²) in [4.78, 5) is 15.7. The molecule has 5 nitrogen and oxygen atoms in total. The number of ether oxygens (including phenoxy) is 1. The zero-order chi connectivity index (χ0) is 14.3. The van der Waals surface area contributed by atoms with Gasteiger partial charge in [-0.05, 0) is 33.8 Å². The molecule has 0 spiro atoms. The van der Waals surface area contributed by atoms with Gasteiger partial charge in [0.15, 0.2) is 0 Å². The van der Waals surface area contributed by atoms with Crippen LogP contribution in [0.5, 0.6) is 0 Å². The molecule has 19 heavy (non-hydrogen) atoms. The van der Waals surface area contributed by atoms with Gasteiger partial charge >= 0.3 is 13.1 Å². The summed E-state index contributed by atoms with van der Waals surface area (Å²) in [6, 6.07) is 1.72. The van der Waals surface area contributed by atoms with E-state index >= 15 is 0 Å². The first-order valence-electron chi connectivity index (χ1n) is 6.16. The van der Waals surface area contributed by atoms with E-state index in [1.165, 1.54) is 13.3 Å². The van der Waals surface area contributed by atoms with E-state index < -0.39 is 24.3 Å². The minimum Gasteiger partial charge on any atom is -0.465 e. The van der Waals surface area contributed by atoms with Crippen LogP contribution >= 0.6 is 0 Å². The van der Waals surface area contributed by atoms with Crippen molar-refractivity contribution < 1.29 is 18.8 Å². The number of hydrogen-bond donors (Lipinski definition) is 0. The number of carbonyl (C=O) groups excluding carboxylic acids is 1. The SMILES string of the molecule is COC(=O)c1cnccc1B1OC(C)(C)C(C)(C)O1. The Bertz CT molecular complexity index is 485. The van der Waals surface area contributed by atoms with Crippen molar-refractivity contribution >= 4 is 18.6 Å². The maximum atomic E-state index is 11.7. The Hall–Kier alpha value is -1.40. The standard InChI is InChI=1S/C13H18BNO4/c1-12(2)13(3,4)19-14(18-12)10-6-7-15-8-9(10)11(16)17-5/h6-8H,1-5H3. The smallest absolute Gasteiger partial charge is 0.465 e. The third kappa shape index (κ3) is 2.38. The minimum absolute atomic E-state index is 0.364. The minimum atomic E-state index is -0.595. The average molecular weight is 263 g/mol. The summed E-state index contributed by atoms with van der Waals surface area (Å²) in [7, 11) is 0.741. The molecule has 2 heterocycles. The molecule has 1 aromatic heterocycles. The van der Waals surface area contributed by atoms with Crippen molar-refractivity contribution in [1.82, 2.24) is 4.98 Å². The lowest BCUT2D eigenvalue weighted by molar-refractivity contribution is 0.00578. The predicted molar refractivity (Wildman–Crippen MR) is 71.3 cm³/mol. The topological polar surface area (TPSA) is 57.7 Å². The average Bonchev–Trinajstić information content (AvgIpc) is 2.57. The lowest BCUT2D eigenvalue weighted by Crippen LogP contribution is -2.41. The number of aromatic nitrogens is 1. The van der Waals surface area contributed by atoms with Gasteiger partial charge in [0.05, 0.1) is 23.9 Å². The molecule has 1 aliphatic heterocycles. The highest BCUT2D eigenvalue weighted by Gasteiger charge is 2.52. The molecule has 0 unspecified atom stereocenters. The normalized spacial score (nSPS) is 20.4. The lowest BCUT2D eigenvalue weighted by Gasteiger charge is -2.32. The summed E-state index contributed by atoms with van der Waals surface area (Å²) >= 11 is 0. The Labute approximate surface area is 113 Å². The van der Waals surface area contributed by atoms with Crippen molar-refractivity contribution in [3.8, 4) is 0 Å². The zero-order valence-electron chi connectivity index (χ0n) is 11.9. The van der Waals surface area contributed by atoms with Crippen LogP contribution in [0.2, 0.25) is 0 Å². The molecule has 2 rings (SSSR count). The van der Waals surface area contributed by atoms with Crippen LogP contribution in [0.3, 0.4) is 0 Å². The van der Waals surface area contributed by atoms with Crippen molar-refractivity contribution in [3.63, 3.8) is 0 Å². The number of esters is 1. The molecule has 6 heteroatoms. The largest absolute Gasteiger partial charge is 0.495 e. The Morgan fingerprint density at radius 2 is 1.84 bits per heavy atom. The van der Waals surface area contributed by atoms with Crippen LogP contribution < -0.4 is 5.46 Å². The zero-order valence-corrected chi connectivity index (χ0v) is 11.9. The molecular weight excluding hydrogens is 245 g/mol. The molecule has 102 valence electrons. The highest BCUT2D eigenvalue weighted by molar-refractivity contribution is 6.63. The first-order valence-corrected chi connectivity index (χ1v) is 6.16. The molecule has 0 bridgehead atoms. The summed E-state index contributed by atoms with van der Waals surface area (Å²) < 4.78 is 16.6. The molecule has 0 N–H and O–H groups in total. The molecular formula is C13H18BNO4. The van der Waals surface area contributed by atoms with Gasteiger partial charge in [0, 0.05) is 17.9 Å². The maximum absolute atomic E-state index is 11.7. The number of rotatable bonds is 2. The predicted octanol–water partition coefficient (Wildman–Crippen LogP) is 1.17. The van der Waals surface area contributed by atoms with Gasteiger partial charge in [0.1, 0.15) is 0 Å². The van der Waals surface area contributed by atoms with E-state index in [0.29, 0.717) is 11.0 Å². The van der Waals surface area contributed by atoms with Crippen molar-refractivity contribution in [1.29, 1.82) is 0 Å². The van der Waals surface area contributed by atoms with E-state index in [-0.39, 0.29) is 0 Å². The fourth-order valence-corrected chi connectivity index (χ4v) is 1.86. The van der Waals surface area contributed by atoms with E-state index in [4.69, 9.17) is 14.0 Å². The second kappa shape index (κ2) is 4.61. The van der Waals surface area contributed by atoms with Crippen LogP contribution in [0, 0.1) is 0 Å². The van der Waals surface area contributed by atoms with Gasteiger partial charge < -0.3 is 14.0 Å². The van der Waals surface area contributed by atoms with Gasteiger partial charge in [-0.2, -0.15) is 0 Å². The Morgan fingerprint density at radius 1 is 1.26 bits per heavy atom. The molecule has 0 saturated carbocycles. The van der Waals surface area contributed by atoms with E-state index in [0.717, 1.165) is 0 Å². The number of carbonyl (C=O) groups is 1. The van der Waals surface area contributed by atoms with Gasteiger partial charge in [0.25, 0.3) is 0 Å². The highest BCUT2D eigenvalue weighted by Crippen LogP contribution is 2.36. The van der Waals surface area contributed by atoms with Crippen molar-refractivity contribution in [2.45, 2.75) is 38.9 Å². The van der Waals surface area contributed by atoms with Crippen molar-refractivity contribution in [2.24, 2.45) is 0 Å². The van der Waals surface area contributed by atoms with Gasteiger partial charge in [0.2, 0.25) is 0 Å². The summed E-state index contributed by atoms with van der Waals surface area (Å²) in [5.41, 5.74) is 0.104. The fourth-order valence-electron chi connectivity index (χ4n) is 1.86. The number of methoxy groups -OCH3 is 1. The van der Waals surface area contributed by atoms with Gasteiger partial charge in [-0.3, -0.25) is 4.98 Å². The van der Waals surface area contributed by atoms with E-state index in [9.17, 15) is 4.79 Å². The second-order valence-electron chi connectivity index (χ2n) is 5.54.